The highest BCUT2D eigenvalue weighted by atomic mass is 16.5. The van der Waals surface area contributed by atoms with Crippen molar-refractivity contribution in [3.63, 3.8) is 0 Å². The van der Waals surface area contributed by atoms with Gasteiger partial charge in [0, 0.05) is 18.5 Å². The third-order valence-corrected chi connectivity index (χ3v) is 7.75. The van der Waals surface area contributed by atoms with Gasteiger partial charge in [-0.25, -0.2) is 0 Å². The lowest BCUT2D eigenvalue weighted by atomic mass is 9.63. The summed E-state index contributed by atoms with van der Waals surface area (Å²) in [6.07, 6.45) is 7.78. The van der Waals surface area contributed by atoms with Crippen molar-refractivity contribution in [3.05, 3.63) is 47.5 Å². The number of allylic oxidation sites excluding steroid dienone is 2. The van der Waals surface area contributed by atoms with Crippen LogP contribution in [0.4, 0.5) is 0 Å². The molecular weight excluding hydrogens is 406 g/mol. The molecule has 4 aliphatic carbocycles. The zero-order valence-corrected chi connectivity index (χ0v) is 18.4. The number of esters is 1. The number of hydrogen-bond acceptors (Lipinski definition) is 5. The van der Waals surface area contributed by atoms with E-state index < -0.39 is 5.97 Å². The lowest BCUT2D eigenvalue weighted by Crippen LogP contribution is -2.40. The Morgan fingerprint density at radius 1 is 0.938 bits per heavy atom. The predicted molar refractivity (Wildman–Crippen MR) is 116 cm³/mol. The molecule has 1 aromatic rings. The summed E-state index contributed by atoms with van der Waals surface area (Å²) in [7, 11) is 0. The summed E-state index contributed by atoms with van der Waals surface area (Å²) in [5, 5.41) is 0. The quantitative estimate of drug-likeness (QED) is 0.195. The number of carbonyl (C=O) groups excluding carboxylic acids is 4. The van der Waals surface area contributed by atoms with Crippen molar-refractivity contribution in [2.75, 3.05) is 13.2 Å². The number of benzene rings is 1. The van der Waals surface area contributed by atoms with E-state index in [1.54, 1.807) is 12.1 Å². The number of rotatable bonds is 9. The first-order valence-corrected chi connectivity index (χ1v) is 11.7. The number of imide groups is 1. The van der Waals surface area contributed by atoms with Gasteiger partial charge in [-0.05, 0) is 49.9 Å². The van der Waals surface area contributed by atoms with Crippen molar-refractivity contribution in [1.29, 1.82) is 0 Å². The second-order valence-electron chi connectivity index (χ2n) is 9.74. The number of hydrogen-bond donors (Lipinski definition) is 0. The first-order valence-electron chi connectivity index (χ1n) is 11.7. The van der Waals surface area contributed by atoms with Crippen LogP contribution in [0.2, 0.25) is 0 Å². The molecule has 2 saturated carbocycles. The highest BCUT2D eigenvalue weighted by molar-refractivity contribution is 6.06. The lowest BCUT2D eigenvalue weighted by Gasteiger charge is -2.37. The highest BCUT2D eigenvalue weighted by Crippen LogP contribution is 2.65. The molecule has 1 aliphatic heterocycles. The van der Waals surface area contributed by atoms with Crippen LogP contribution in [0.25, 0.3) is 0 Å². The van der Waals surface area contributed by atoms with Gasteiger partial charge in [0.1, 0.15) is 0 Å². The minimum Gasteiger partial charge on any atom is -0.457 e. The van der Waals surface area contributed by atoms with Gasteiger partial charge in [-0.3, -0.25) is 24.1 Å². The highest BCUT2D eigenvalue weighted by Gasteiger charge is 2.66. The molecule has 6 rings (SSSR count). The summed E-state index contributed by atoms with van der Waals surface area (Å²) in [5.74, 6) is 0.891. The third-order valence-electron chi connectivity index (χ3n) is 7.75. The van der Waals surface area contributed by atoms with Gasteiger partial charge in [0.25, 0.3) is 0 Å². The van der Waals surface area contributed by atoms with Gasteiger partial charge in [-0.2, -0.15) is 0 Å². The topological polar surface area (TPSA) is 80.8 Å². The number of likely N-dealkylation sites (tertiary alicyclic amines) is 1. The molecule has 6 nitrogen and oxygen atoms in total. The summed E-state index contributed by atoms with van der Waals surface area (Å²) < 4.78 is 5.10. The fraction of sp³-hybridized carbons (Fsp3) is 0.538. The first kappa shape index (κ1) is 21.1. The van der Waals surface area contributed by atoms with E-state index in [1.807, 2.05) is 19.1 Å². The molecule has 32 heavy (non-hydrogen) atoms. The van der Waals surface area contributed by atoms with Crippen molar-refractivity contribution >= 4 is 23.6 Å². The molecule has 6 atom stereocenters. The van der Waals surface area contributed by atoms with Crippen LogP contribution in [-0.2, 0) is 19.1 Å². The molecule has 1 aromatic carbocycles. The van der Waals surface area contributed by atoms with E-state index >= 15 is 0 Å². The number of unbranched alkanes of at least 4 members (excludes halogenated alkanes) is 2. The fourth-order valence-electron chi connectivity index (χ4n) is 6.00. The number of carbonyl (C=O) groups is 4. The molecule has 168 valence electrons. The molecule has 0 aromatic heterocycles. The maximum atomic E-state index is 12.9. The van der Waals surface area contributed by atoms with Gasteiger partial charge in [0.2, 0.25) is 11.8 Å². The molecule has 6 heteroatoms. The van der Waals surface area contributed by atoms with Crippen LogP contribution in [0.3, 0.4) is 0 Å². The van der Waals surface area contributed by atoms with Gasteiger partial charge in [-0.1, -0.05) is 48.4 Å². The van der Waals surface area contributed by atoms with Gasteiger partial charge >= 0.3 is 5.97 Å². The predicted octanol–water partition coefficient (Wildman–Crippen LogP) is 3.33. The summed E-state index contributed by atoms with van der Waals surface area (Å²) in [4.78, 5) is 51.3. The first-order chi connectivity index (χ1) is 15.5. The van der Waals surface area contributed by atoms with Gasteiger partial charge in [-0.15, -0.1) is 0 Å². The molecule has 2 bridgehead atoms. The molecule has 3 fully saturated rings. The van der Waals surface area contributed by atoms with Crippen molar-refractivity contribution in [1.82, 2.24) is 4.90 Å². The molecule has 1 saturated heterocycles. The average molecular weight is 436 g/mol. The number of Topliss-reactive ketones (excluding diaryl/α,β-unsaturated/α-hetero) is 1. The Morgan fingerprint density at radius 2 is 1.56 bits per heavy atom. The van der Waals surface area contributed by atoms with E-state index in [1.165, 1.54) is 11.3 Å². The van der Waals surface area contributed by atoms with Crippen LogP contribution in [0, 0.1) is 42.4 Å². The smallest absolute Gasteiger partial charge is 0.306 e. The molecule has 0 spiro atoms. The summed E-state index contributed by atoms with van der Waals surface area (Å²) >= 11 is 0. The van der Waals surface area contributed by atoms with Crippen LogP contribution >= 0.6 is 0 Å². The molecule has 1 heterocycles. The lowest BCUT2D eigenvalue weighted by molar-refractivity contribution is -0.143. The molecule has 0 radical (unpaired) electrons. The zero-order chi connectivity index (χ0) is 22.4. The van der Waals surface area contributed by atoms with E-state index in [2.05, 4.69) is 12.2 Å². The summed E-state index contributed by atoms with van der Waals surface area (Å²) in [5.41, 5.74) is 1.60. The van der Waals surface area contributed by atoms with E-state index in [4.69, 9.17) is 4.74 Å². The molecule has 0 N–H and O–H groups in total. The van der Waals surface area contributed by atoms with Crippen LogP contribution in [-0.4, -0.2) is 41.6 Å². The zero-order valence-electron chi connectivity index (χ0n) is 18.4. The molecule has 0 unspecified atom stereocenters. The molecule has 2 amide bonds. The van der Waals surface area contributed by atoms with Gasteiger partial charge < -0.3 is 4.74 Å². The molecular formula is C26H29NO5. The standard InChI is InChI=1S/C26H29NO5/c1-15-6-8-16(9-7-15)21(28)14-32-22(29)5-3-2-4-12-27-25(30)23-17-10-11-18(20-13-19(17)20)24(23)26(27)31/h6-11,17-20,23-24H,2-5,12-14H2,1H3/t17-,18-,19-,20-,23-,24+/m0/s1. The Labute approximate surface area is 188 Å². The number of nitrogens with zero attached hydrogens (tertiary/aromatic N) is 1. The van der Waals surface area contributed by atoms with Crippen LogP contribution in [0.15, 0.2) is 36.4 Å². The van der Waals surface area contributed by atoms with Crippen molar-refractivity contribution in [2.24, 2.45) is 35.5 Å². The monoisotopic (exact) mass is 435 g/mol. The van der Waals surface area contributed by atoms with E-state index in [9.17, 15) is 19.2 Å². The Kier molecular flexibility index (Phi) is 5.48. The summed E-state index contributed by atoms with van der Waals surface area (Å²) in [6.45, 7) is 2.13. The summed E-state index contributed by atoms with van der Waals surface area (Å²) in [6, 6.07) is 7.16. The van der Waals surface area contributed by atoms with Crippen molar-refractivity contribution in [3.8, 4) is 0 Å². The largest absolute Gasteiger partial charge is 0.457 e. The Balaban J connectivity index is 1.02. The van der Waals surface area contributed by atoms with Crippen LogP contribution < -0.4 is 0 Å². The van der Waals surface area contributed by atoms with Crippen molar-refractivity contribution in [2.45, 2.75) is 39.0 Å². The minimum atomic E-state index is -0.397. The van der Waals surface area contributed by atoms with Crippen LogP contribution in [0.1, 0.15) is 48.0 Å². The average Bonchev–Trinajstić information content (AvgIpc) is 3.57. The number of ketones is 1. The van der Waals surface area contributed by atoms with E-state index in [0.29, 0.717) is 36.8 Å². The second-order valence-corrected chi connectivity index (χ2v) is 9.74. The maximum absolute atomic E-state index is 12.9. The van der Waals surface area contributed by atoms with Gasteiger partial charge in [0.05, 0.1) is 11.8 Å². The third kappa shape index (κ3) is 3.70. The Morgan fingerprint density at radius 3 is 2.19 bits per heavy atom. The normalized spacial score (nSPS) is 31.5. The number of ether oxygens (including phenoxy) is 1. The maximum Gasteiger partial charge on any atom is 0.306 e. The van der Waals surface area contributed by atoms with E-state index in [0.717, 1.165) is 12.0 Å². The Hall–Kier alpha value is -2.76. The SMILES string of the molecule is Cc1ccc(C(=O)COC(=O)CCCCCN2C(=O)[C@@H]3[C@H]4C=C[C@@H]([C@@H]5C[C@@H]45)[C@@H]3C2=O)cc1. The van der Waals surface area contributed by atoms with E-state index in [-0.39, 0.29) is 54.3 Å². The van der Waals surface area contributed by atoms with Gasteiger partial charge in [0.15, 0.2) is 12.4 Å². The Bertz CT molecular complexity index is 944. The number of amides is 2. The van der Waals surface area contributed by atoms with Crippen molar-refractivity contribution < 1.29 is 23.9 Å². The fourth-order valence-corrected chi connectivity index (χ4v) is 6.00. The molecule has 5 aliphatic rings. The van der Waals surface area contributed by atoms with Crippen LogP contribution in [0.5, 0.6) is 0 Å². The second kappa shape index (κ2) is 8.30. The number of aryl methyl sites for hydroxylation is 1. The minimum absolute atomic E-state index is 0.0127.